The van der Waals surface area contributed by atoms with Crippen molar-refractivity contribution < 1.29 is 9.53 Å². The summed E-state index contributed by atoms with van der Waals surface area (Å²) in [6.45, 7) is 1.94. The van der Waals surface area contributed by atoms with E-state index in [4.69, 9.17) is 0 Å². The lowest BCUT2D eigenvalue weighted by molar-refractivity contribution is -0.140. The number of methoxy groups -OCH3 is 1. The molecular weight excluding hydrogens is 200 g/mol. The molecule has 78 valence electrons. The van der Waals surface area contributed by atoms with Gasteiger partial charge in [0, 0.05) is 12.8 Å². The maximum atomic E-state index is 10.8. The number of hydrogen-bond acceptors (Lipinski definition) is 5. The van der Waals surface area contributed by atoms with Gasteiger partial charge in [0.1, 0.15) is 10.0 Å². The first-order valence-corrected chi connectivity index (χ1v) is 5.40. The monoisotopic (exact) mass is 214 g/mol. The molecule has 0 saturated carbocycles. The topological polar surface area (TPSA) is 52.1 Å². The van der Waals surface area contributed by atoms with Gasteiger partial charge in [-0.1, -0.05) is 0 Å². The highest BCUT2D eigenvalue weighted by Gasteiger charge is 2.02. The van der Waals surface area contributed by atoms with Gasteiger partial charge in [-0.15, -0.1) is 21.5 Å². The lowest BCUT2D eigenvalue weighted by Crippen LogP contribution is -1.99. The van der Waals surface area contributed by atoms with Crippen LogP contribution in [0.1, 0.15) is 29.3 Å². The summed E-state index contributed by atoms with van der Waals surface area (Å²) in [4.78, 5) is 10.8. The van der Waals surface area contributed by atoms with E-state index in [1.54, 1.807) is 11.3 Å². The van der Waals surface area contributed by atoms with E-state index in [0.29, 0.717) is 6.42 Å². The molecule has 0 unspecified atom stereocenters. The largest absolute Gasteiger partial charge is 0.469 e. The van der Waals surface area contributed by atoms with E-state index in [0.717, 1.165) is 29.3 Å². The molecule has 0 aliphatic heterocycles. The first kappa shape index (κ1) is 11.1. The van der Waals surface area contributed by atoms with Crippen molar-refractivity contribution >= 4 is 17.3 Å². The summed E-state index contributed by atoms with van der Waals surface area (Å²) in [5, 5.41) is 9.97. The summed E-state index contributed by atoms with van der Waals surface area (Å²) in [5.41, 5.74) is 0. The summed E-state index contributed by atoms with van der Waals surface area (Å²) in [7, 11) is 1.41. The zero-order valence-corrected chi connectivity index (χ0v) is 9.26. The maximum Gasteiger partial charge on any atom is 0.305 e. The minimum Gasteiger partial charge on any atom is -0.469 e. The van der Waals surface area contributed by atoms with Crippen LogP contribution in [-0.4, -0.2) is 23.3 Å². The molecular formula is C9H14N2O2S. The van der Waals surface area contributed by atoms with Gasteiger partial charge in [0.25, 0.3) is 0 Å². The number of esters is 1. The van der Waals surface area contributed by atoms with Crippen LogP contribution >= 0.6 is 11.3 Å². The van der Waals surface area contributed by atoms with E-state index in [1.165, 1.54) is 7.11 Å². The van der Waals surface area contributed by atoms with Gasteiger partial charge in [-0.25, -0.2) is 0 Å². The van der Waals surface area contributed by atoms with Crippen LogP contribution in [0.4, 0.5) is 0 Å². The summed E-state index contributed by atoms with van der Waals surface area (Å²) < 4.78 is 4.54. The molecule has 5 heteroatoms. The Kier molecular flexibility index (Phi) is 4.52. The van der Waals surface area contributed by atoms with Crippen molar-refractivity contribution in [2.75, 3.05) is 7.11 Å². The first-order chi connectivity index (χ1) is 6.72. The molecule has 14 heavy (non-hydrogen) atoms. The molecule has 0 aliphatic carbocycles. The third-order valence-electron chi connectivity index (χ3n) is 1.82. The third-order valence-corrected chi connectivity index (χ3v) is 2.72. The summed E-state index contributed by atoms with van der Waals surface area (Å²) in [6.07, 6.45) is 3.21. The summed E-state index contributed by atoms with van der Waals surface area (Å²) in [5.74, 6) is -0.140. The standard InChI is InChI=1S/C9H14N2O2S/c1-7-10-11-8(14-7)5-3-4-6-9(12)13-2/h3-6H2,1-2H3. The number of rotatable bonds is 5. The van der Waals surface area contributed by atoms with Crippen molar-refractivity contribution in [3.8, 4) is 0 Å². The lowest BCUT2D eigenvalue weighted by atomic mass is 10.2. The molecule has 0 fully saturated rings. The molecule has 0 atom stereocenters. The van der Waals surface area contributed by atoms with Crippen molar-refractivity contribution in [2.24, 2.45) is 0 Å². The average Bonchev–Trinajstić information content (AvgIpc) is 2.58. The molecule has 0 aromatic carbocycles. The Bertz CT molecular complexity index is 299. The molecule has 1 rings (SSSR count). The average molecular weight is 214 g/mol. The van der Waals surface area contributed by atoms with Crippen molar-refractivity contribution in [3.05, 3.63) is 10.0 Å². The molecule has 1 aromatic rings. The van der Waals surface area contributed by atoms with Gasteiger partial charge < -0.3 is 4.74 Å². The normalized spacial score (nSPS) is 10.1. The van der Waals surface area contributed by atoms with E-state index in [9.17, 15) is 4.79 Å². The number of unbranched alkanes of at least 4 members (excludes halogenated alkanes) is 1. The molecule has 0 saturated heterocycles. The maximum absolute atomic E-state index is 10.8. The van der Waals surface area contributed by atoms with Crippen molar-refractivity contribution in [2.45, 2.75) is 32.6 Å². The smallest absolute Gasteiger partial charge is 0.305 e. The zero-order valence-electron chi connectivity index (χ0n) is 8.45. The Morgan fingerprint density at radius 1 is 1.43 bits per heavy atom. The van der Waals surface area contributed by atoms with Crippen LogP contribution in [0.15, 0.2) is 0 Å². The van der Waals surface area contributed by atoms with Crippen LogP contribution in [0.5, 0.6) is 0 Å². The van der Waals surface area contributed by atoms with Gasteiger partial charge in [-0.3, -0.25) is 4.79 Å². The second-order valence-electron chi connectivity index (χ2n) is 3.00. The number of aryl methyl sites for hydroxylation is 2. The van der Waals surface area contributed by atoms with Gasteiger partial charge in [0.15, 0.2) is 0 Å². The number of aromatic nitrogens is 2. The highest BCUT2D eigenvalue weighted by atomic mass is 32.1. The Morgan fingerprint density at radius 3 is 2.79 bits per heavy atom. The Balaban J connectivity index is 2.13. The van der Waals surface area contributed by atoms with E-state index in [-0.39, 0.29) is 5.97 Å². The minimum absolute atomic E-state index is 0.140. The second-order valence-corrected chi connectivity index (χ2v) is 4.26. The Morgan fingerprint density at radius 2 is 2.21 bits per heavy atom. The van der Waals surface area contributed by atoms with Gasteiger partial charge in [0.2, 0.25) is 0 Å². The number of ether oxygens (including phenoxy) is 1. The highest BCUT2D eigenvalue weighted by Crippen LogP contribution is 2.11. The molecule has 1 heterocycles. The Labute approximate surface area is 87.3 Å². The Hall–Kier alpha value is -0.970. The van der Waals surface area contributed by atoms with Crippen molar-refractivity contribution in [3.63, 3.8) is 0 Å². The van der Waals surface area contributed by atoms with E-state index in [2.05, 4.69) is 14.9 Å². The van der Waals surface area contributed by atoms with Gasteiger partial charge in [-0.2, -0.15) is 0 Å². The van der Waals surface area contributed by atoms with E-state index in [1.807, 2.05) is 6.92 Å². The predicted molar refractivity (Wildman–Crippen MR) is 54.2 cm³/mol. The van der Waals surface area contributed by atoms with Crippen LogP contribution in [-0.2, 0) is 16.0 Å². The van der Waals surface area contributed by atoms with Crippen LogP contribution < -0.4 is 0 Å². The number of hydrogen-bond donors (Lipinski definition) is 0. The molecule has 0 N–H and O–H groups in total. The fourth-order valence-electron chi connectivity index (χ4n) is 1.09. The SMILES string of the molecule is COC(=O)CCCCc1nnc(C)s1. The fraction of sp³-hybridized carbons (Fsp3) is 0.667. The molecule has 0 aliphatic rings. The first-order valence-electron chi connectivity index (χ1n) is 4.58. The summed E-state index contributed by atoms with van der Waals surface area (Å²) in [6, 6.07) is 0. The molecule has 0 amide bonds. The highest BCUT2D eigenvalue weighted by molar-refractivity contribution is 7.11. The number of carbonyl (C=O) groups is 1. The van der Waals surface area contributed by atoms with Gasteiger partial charge in [-0.05, 0) is 19.8 Å². The van der Waals surface area contributed by atoms with Crippen molar-refractivity contribution in [1.29, 1.82) is 0 Å². The molecule has 0 spiro atoms. The third kappa shape index (κ3) is 3.83. The zero-order chi connectivity index (χ0) is 10.4. The predicted octanol–water partition coefficient (Wildman–Crippen LogP) is 1.73. The van der Waals surface area contributed by atoms with E-state index >= 15 is 0 Å². The number of nitrogens with zero attached hydrogens (tertiary/aromatic N) is 2. The lowest BCUT2D eigenvalue weighted by Gasteiger charge is -1.97. The molecule has 0 bridgehead atoms. The number of carbonyl (C=O) groups excluding carboxylic acids is 1. The quantitative estimate of drug-likeness (QED) is 0.553. The van der Waals surface area contributed by atoms with Crippen molar-refractivity contribution in [1.82, 2.24) is 10.2 Å². The fourth-order valence-corrected chi connectivity index (χ4v) is 1.84. The minimum atomic E-state index is -0.140. The van der Waals surface area contributed by atoms with E-state index < -0.39 is 0 Å². The molecule has 4 nitrogen and oxygen atoms in total. The van der Waals surface area contributed by atoms with Crippen LogP contribution in [0, 0.1) is 6.92 Å². The molecule has 1 aromatic heterocycles. The molecule has 0 radical (unpaired) electrons. The second kappa shape index (κ2) is 5.70. The van der Waals surface area contributed by atoms with Gasteiger partial charge in [0.05, 0.1) is 7.11 Å². The van der Waals surface area contributed by atoms with Crippen LogP contribution in [0.25, 0.3) is 0 Å². The summed E-state index contributed by atoms with van der Waals surface area (Å²) >= 11 is 1.61. The van der Waals surface area contributed by atoms with Crippen LogP contribution in [0.3, 0.4) is 0 Å². The van der Waals surface area contributed by atoms with Crippen LogP contribution in [0.2, 0.25) is 0 Å². The van der Waals surface area contributed by atoms with Gasteiger partial charge >= 0.3 is 5.97 Å².